The maximum absolute atomic E-state index is 13.2. The van der Waals surface area contributed by atoms with Crippen LogP contribution in [0.25, 0.3) is 0 Å². The third-order valence-corrected chi connectivity index (χ3v) is 5.75. The molecule has 0 radical (unpaired) electrons. The van der Waals surface area contributed by atoms with Crippen LogP contribution in [0.3, 0.4) is 0 Å². The number of amides is 1. The van der Waals surface area contributed by atoms with Crippen molar-refractivity contribution in [3.63, 3.8) is 0 Å². The van der Waals surface area contributed by atoms with Gasteiger partial charge < -0.3 is 19.6 Å². The second kappa shape index (κ2) is 7.86. The zero-order chi connectivity index (χ0) is 18.8. The van der Waals surface area contributed by atoms with E-state index in [9.17, 15) is 9.59 Å². The number of ether oxygens (including phenoxy) is 1. The molecule has 1 N–H and O–H groups in total. The number of carboxylic acid groups (broad SMARTS) is 1. The van der Waals surface area contributed by atoms with Crippen LogP contribution in [-0.2, 0) is 9.53 Å². The van der Waals surface area contributed by atoms with Crippen LogP contribution in [0, 0.1) is 5.92 Å². The Bertz CT molecular complexity index is 687. The number of carbonyl (C=O) groups is 2. The second-order valence-corrected chi connectivity index (χ2v) is 7.84. The van der Waals surface area contributed by atoms with Gasteiger partial charge in [0.2, 0.25) is 0 Å². The van der Waals surface area contributed by atoms with Gasteiger partial charge in [-0.1, -0.05) is 0 Å². The van der Waals surface area contributed by atoms with Gasteiger partial charge in [-0.15, -0.1) is 0 Å². The van der Waals surface area contributed by atoms with Gasteiger partial charge in [-0.25, -0.2) is 0 Å². The first-order chi connectivity index (χ1) is 13.1. The quantitative estimate of drug-likeness (QED) is 0.853. The predicted octanol–water partition coefficient (Wildman–Crippen LogP) is 1.14. The van der Waals surface area contributed by atoms with Crippen LogP contribution < -0.4 is 4.90 Å². The zero-order valence-electron chi connectivity index (χ0n) is 15.5. The van der Waals surface area contributed by atoms with Gasteiger partial charge in [0.25, 0.3) is 5.91 Å². The van der Waals surface area contributed by atoms with Crippen LogP contribution in [0.5, 0.6) is 0 Å². The van der Waals surface area contributed by atoms with Crippen molar-refractivity contribution < 1.29 is 19.4 Å². The van der Waals surface area contributed by atoms with Gasteiger partial charge in [0.05, 0.1) is 25.8 Å². The van der Waals surface area contributed by atoms with Crippen LogP contribution in [0.4, 0.5) is 5.69 Å². The van der Waals surface area contributed by atoms with Gasteiger partial charge in [-0.3, -0.25) is 14.5 Å². The van der Waals surface area contributed by atoms with E-state index < -0.39 is 5.97 Å². The van der Waals surface area contributed by atoms with E-state index in [1.165, 1.54) is 18.5 Å². The first-order valence-corrected chi connectivity index (χ1v) is 9.78. The van der Waals surface area contributed by atoms with E-state index in [0.717, 1.165) is 13.1 Å². The van der Waals surface area contributed by atoms with E-state index in [1.807, 2.05) is 34.1 Å². The summed E-state index contributed by atoms with van der Waals surface area (Å²) in [5.74, 6) is -0.670. The molecule has 0 spiro atoms. The van der Waals surface area contributed by atoms with Gasteiger partial charge in [-0.05, 0) is 37.1 Å². The summed E-state index contributed by atoms with van der Waals surface area (Å²) in [6, 6.07) is 7.80. The Hall–Kier alpha value is -2.12. The highest BCUT2D eigenvalue weighted by Crippen LogP contribution is 2.24. The first kappa shape index (κ1) is 18.3. The summed E-state index contributed by atoms with van der Waals surface area (Å²) in [6.45, 7) is 5.03. The summed E-state index contributed by atoms with van der Waals surface area (Å²) in [5.41, 5.74) is 1.87. The largest absolute Gasteiger partial charge is 0.480 e. The number of carboxylic acids is 1. The van der Waals surface area contributed by atoms with E-state index in [2.05, 4.69) is 4.90 Å². The third kappa shape index (κ3) is 4.09. The lowest BCUT2D eigenvalue weighted by atomic mass is 10.1. The van der Waals surface area contributed by atoms with E-state index in [4.69, 9.17) is 9.84 Å². The second-order valence-electron chi connectivity index (χ2n) is 7.84. The van der Waals surface area contributed by atoms with Gasteiger partial charge in [-0.2, -0.15) is 0 Å². The Kier molecular flexibility index (Phi) is 5.31. The van der Waals surface area contributed by atoms with Crippen molar-refractivity contribution in [2.75, 3.05) is 57.4 Å². The lowest BCUT2D eigenvalue weighted by molar-refractivity contribution is -0.138. The van der Waals surface area contributed by atoms with Crippen molar-refractivity contribution in [2.45, 2.75) is 18.9 Å². The molecule has 3 fully saturated rings. The fourth-order valence-corrected chi connectivity index (χ4v) is 4.47. The maximum Gasteiger partial charge on any atom is 0.317 e. The third-order valence-electron chi connectivity index (χ3n) is 5.75. The van der Waals surface area contributed by atoms with Gasteiger partial charge in [0.15, 0.2) is 0 Å². The summed E-state index contributed by atoms with van der Waals surface area (Å²) >= 11 is 0. The first-order valence-electron chi connectivity index (χ1n) is 9.78. The highest BCUT2D eigenvalue weighted by atomic mass is 16.5. The summed E-state index contributed by atoms with van der Waals surface area (Å²) in [5, 5.41) is 9.13. The molecule has 2 bridgehead atoms. The minimum atomic E-state index is -0.828. The van der Waals surface area contributed by atoms with Crippen LogP contribution in [-0.4, -0.2) is 85.3 Å². The molecular weight excluding hydrogens is 346 g/mol. The Morgan fingerprint density at radius 2 is 1.78 bits per heavy atom. The van der Waals surface area contributed by atoms with Crippen LogP contribution in [0.1, 0.15) is 23.2 Å². The van der Waals surface area contributed by atoms with E-state index in [-0.39, 0.29) is 24.4 Å². The normalized spacial score (nSPS) is 26.1. The van der Waals surface area contributed by atoms with Crippen molar-refractivity contribution in [3.8, 4) is 0 Å². The Balaban J connectivity index is 1.49. The zero-order valence-corrected chi connectivity index (χ0v) is 15.5. The number of hydrogen-bond donors (Lipinski definition) is 1. The number of aliphatic carboxylic acids is 1. The van der Waals surface area contributed by atoms with Crippen LogP contribution in [0.2, 0.25) is 0 Å². The number of carbonyl (C=O) groups excluding carboxylic acids is 1. The summed E-state index contributed by atoms with van der Waals surface area (Å²) < 4.78 is 5.74. The van der Waals surface area contributed by atoms with Crippen molar-refractivity contribution in [3.05, 3.63) is 29.8 Å². The molecule has 0 unspecified atom stereocenters. The molecule has 3 saturated heterocycles. The number of benzene rings is 1. The van der Waals surface area contributed by atoms with E-state index >= 15 is 0 Å². The van der Waals surface area contributed by atoms with Gasteiger partial charge in [0.1, 0.15) is 0 Å². The molecule has 1 aromatic carbocycles. The lowest BCUT2D eigenvalue weighted by Crippen LogP contribution is -2.47. The number of rotatable bonds is 4. The number of nitrogens with zero attached hydrogens (tertiary/aromatic N) is 3. The molecule has 7 nitrogen and oxygen atoms in total. The average molecular weight is 373 g/mol. The lowest BCUT2D eigenvalue weighted by Gasteiger charge is -2.30. The minimum absolute atomic E-state index is 0.0135. The van der Waals surface area contributed by atoms with Gasteiger partial charge in [0, 0.05) is 49.9 Å². The fourth-order valence-electron chi connectivity index (χ4n) is 4.47. The van der Waals surface area contributed by atoms with E-state index in [0.29, 0.717) is 38.4 Å². The van der Waals surface area contributed by atoms with Crippen molar-refractivity contribution in [1.29, 1.82) is 0 Å². The summed E-state index contributed by atoms with van der Waals surface area (Å²) in [6.07, 6.45) is 2.45. The van der Waals surface area contributed by atoms with E-state index in [1.54, 1.807) is 0 Å². The molecule has 146 valence electrons. The molecule has 0 aromatic heterocycles. The molecule has 2 atom stereocenters. The summed E-state index contributed by atoms with van der Waals surface area (Å²) in [7, 11) is 0. The number of anilines is 1. The Labute approximate surface area is 159 Å². The Morgan fingerprint density at radius 1 is 1.04 bits per heavy atom. The van der Waals surface area contributed by atoms with Crippen LogP contribution in [0.15, 0.2) is 24.3 Å². The molecular formula is C20H27N3O4. The number of fused-ring (bicyclic) bond motifs is 3. The Morgan fingerprint density at radius 3 is 2.48 bits per heavy atom. The van der Waals surface area contributed by atoms with Crippen molar-refractivity contribution in [1.82, 2.24) is 9.80 Å². The molecule has 1 amide bonds. The smallest absolute Gasteiger partial charge is 0.317 e. The fraction of sp³-hybridized carbons (Fsp3) is 0.600. The topological polar surface area (TPSA) is 73.3 Å². The van der Waals surface area contributed by atoms with Crippen molar-refractivity contribution >= 4 is 17.6 Å². The van der Waals surface area contributed by atoms with Gasteiger partial charge >= 0.3 is 5.97 Å². The molecule has 1 aromatic rings. The average Bonchev–Trinajstić information content (AvgIpc) is 3.03. The highest BCUT2D eigenvalue weighted by Gasteiger charge is 2.36. The summed E-state index contributed by atoms with van der Waals surface area (Å²) in [4.78, 5) is 30.5. The maximum atomic E-state index is 13.2. The molecule has 7 heteroatoms. The molecule has 4 rings (SSSR count). The monoisotopic (exact) mass is 373 g/mol. The minimum Gasteiger partial charge on any atom is -0.480 e. The predicted molar refractivity (Wildman–Crippen MR) is 101 cm³/mol. The molecule has 3 heterocycles. The van der Waals surface area contributed by atoms with Crippen molar-refractivity contribution in [2.24, 2.45) is 5.92 Å². The SMILES string of the molecule is O=C(O)CN1C[C@@H]2COC[C@H](C1)N(C(=O)c1ccc(N3CCCC3)cc1)C2. The molecule has 0 saturated carbocycles. The molecule has 0 aliphatic carbocycles. The highest BCUT2D eigenvalue weighted by molar-refractivity contribution is 5.95. The number of hydrogen-bond acceptors (Lipinski definition) is 5. The molecule has 3 aliphatic rings. The van der Waals surface area contributed by atoms with Crippen LogP contribution >= 0.6 is 0 Å². The molecule has 3 aliphatic heterocycles. The standard InChI is InChI=1S/C20H27N3O4/c24-19(25)12-21-9-15-10-23(18(11-21)14-27-13-15)20(26)16-3-5-17(6-4-16)22-7-1-2-8-22/h3-6,15,18H,1-2,7-14H2,(H,24,25)/t15-,18-/m0/s1. The molecule has 27 heavy (non-hydrogen) atoms.